The van der Waals surface area contributed by atoms with Gasteiger partial charge in [0, 0.05) is 23.7 Å². The monoisotopic (exact) mass is 331 g/mol. The lowest BCUT2D eigenvalue weighted by Gasteiger charge is -2.59. The molecule has 1 aliphatic carbocycles. The second kappa shape index (κ2) is 6.33. The van der Waals surface area contributed by atoms with Crippen LogP contribution in [0, 0.1) is 16.7 Å². The van der Waals surface area contributed by atoms with Crippen LogP contribution in [0.4, 0.5) is 0 Å². The number of hydrogen-bond donors (Lipinski definition) is 0. The van der Waals surface area contributed by atoms with E-state index in [1.165, 1.54) is 37.7 Å². The number of nitrogens with zero attached hydrogens (tertiary/aromatic N) is 3. The lowest BCUT2D eigenvalue weighted by Crippen LogP contribution is -2.61. The highest BCUT2D eigenvalue weighted by Gasteiger charge is 2.54. The van der Waals surface area contributed by atoms with Gasteiger partial charge in [0.15, 0.2) is 0 Å². The van der Waals surface area contributed by atoms with Crippen molar-refractivity contribution in [2.75, 3.05) is 6.54 Å². The summed E-state index contributed by atoms with van der Waals surface area (Å²) in [5, 5.41) is 9.04. The fourth-order valence-electron chi connectivity index (χ4n) is 4.57. The molecule has 1 saturated carbocycles. The van der Waals surface area contributed by atoms with Gasteiger partial charge in [-0.1, -0.05) is 49.6 Å². The van der Waals surface area contributed by atoms with Crippen molar-refractivity contribution < 1.29 is 4.79 Å². The van der Waals surface area contributed by atoms with E-state index in [1.807, 2.05) is 29.2 Å². The summed E-state index contributed by atoms with van der Waals surface area (Å²) in [6.07, 6.45) is 7.72. The minimum atomic E-state index is 0.00366. The van der Waals surface area contributed by atoms with Gasteiger partial charge in [-0.2, -0.15) is 5.26 Å². The third-order valence-corrected chi connectivity index (χ3v) is 5.72. The van der Waals surface area contributed by atoms with Crippen molar-refractivity contribution in [2.45, 2.75) is 38.1 Å². The van der Waals surface area contributed by atoms with Crippen LogP contribution in [0.3, 0.4) is 0 Å². The second-order valence-corrected chi connectivity index (χ2v) is 7.21. The summed E-state index contributed by atoms with van der Waals surface area (Å²) in [6, 6.07) is 15.8. The van der Waals surface area contributed by atoms with Crippen LogP contribution in [0.2, 0.25) is 0 Å². The van der Waals surface area contributed by atoms with E-state index in [1.54, 1.807) is 18.3 Å². The first-order valence-electron chi connectivity index (χ1n) is 8.96. The van der Waals surface area contributed by atoms with Gasteiger partial charge >= 0.3 is 0 Å². The van der Waals surface area contributed by atoms with Crippen molar-refractivity contribution >= 4 is 5.91 Å². The van der Waals surface area contributed by atoms with Gasteiger partial charge in [-0.15, -0.1) is 0 Å². The summed E-state index contributed by atoms with van der Waals surface area (Å²) in [4.78, 5) is 19.0. The number of nitriles is 1. The average molecular weight is 331 g/mol. The molecule has 0 radical (unpaired) electrons. The number of carbonyl (C=O) groups is 1. The van der Waals surface area contributed by atoms with Crippen LogP contribution < -0.4 is 0 Å². The first-order chi connectivity index (χ1) is 12.2. The lowest BCUT2D eigenvalue weighted by atomic mass is 9.61. The highest BCUT2D eigenvalue weighted by molar-refractivity contribution is 5.95. The number of hydrogen-bond acceptors (Lipinski definition) is 3. The van der Waals surface area contributed by atoms with E-state index in [2.05, 4.69) is 17.1 Å². The second-order valence-electron chi connectivity index (χ2n) is 7.21. The highest BCUT2D eigenvalue weighted by atomic mass is 16.2. The Balaban J connectivity index is 1.67. The number of pyridine rings is 1. The van der Waals surface area contributed by atoms with Crippen molar-refractivity contribution in [1.29, 1.82) is 5.26 Å². The zero-order valence-electron chi connectivity index (χ0n) is 14.2. The predicted molar refractivity (Wildman–Crippen MR) is 94.7 cm³/mol. The highest BCUT2D eigenvalue weighted by Crippen LogP contribution is 2.57. The predicted octanol–water partition coefficient (Wildman–Crippen LogP) is 4.10. The minimum absolute atomic E-state index is 0.00366. The topological polar surface area (TPSA) is 57.0 Å². The Kier molecular flexibility index (Phi) is 4.01. The first kappa shape index (κ1) is 15.8. The molecule has 2 fully saturated rings. The zero-order valence-corrected chi connectivity index (χ0v) is 14.2. The average Bonchev–Trinajstić information content (AvgIpc) is 2.67. The van der Waals surface area contributed by atoms with Crippen molar-refractivity contribution in [3.8, 4) is 6.07 Å². The van der Waals surface area contributed by atoms with Gasteiger partial charge in [0.1, 0.15) is 11.8 Å². The molecule has 1 aromatic carbocycles. The van der Waals surface area contributed by atoms with Gasteiger partial charge < -0.3 is 4.90 Å². The standard InChI is InChI=1S/C21H21N3O/c22-14-18-13-17(9-12-23-18)20(25)24-15-21(10-5-2-6-11-21)19(24)16-7-3-1-4-8-16/h1,3-4,7-9,12-13,19H,2,5-6,10-11,15H2/t19-/m0/s1. The Labute approximate surface area is 148 Å². The molecule has 4 heteroatoms. The van der Waals surface area contributed by atoms with Crippen LogP contribution in [0.5, 0.6) is 0 Å². The van der Waals surface area contributed by atoms with E-state index in [0.29, 0.717) is 5.56 Å². The molecule has 1 aliphatic heterocycles. The van der Waals surface area contributed by atoms with E-state index in [9.17, 15) is 4.79 Å². The molecule has 126 valence electrons. The fourth-order valence-corrected chi connectivity index (χ4v) is 4.57. The summed E-state index contributed by atoms with van der Waals surface area (Å²) in [5.41, 5.74) is 2.28. The third-order valence-electron chi connectivity index (χ3n) is 5.72. The molecular weight excluding hydrogens is 310 g/mol. The molecule has 1 aromatic heterocycles. The number of amides is 1. The Bertz CT molecular complexity index is 819. The molecule has 2 heterocycles. The van der Waals surface area contributed by atoms with Crippen LogP contribution in [0.1, 0.15) is 59.8 Å². The molecule has 1 amide bonds. The molecule has 2 aromatic rings. The smallest absolute Gasteiger partial charge is 0.254 e. The Morgan fingerprint density at radius 3 is 2.64 bits per heavy atom. The van der Waals surface area contributed by atoms with Gasteiger partial charge in [-0.25, -0.2) is 4.98 Å². The van der Waals surface area contributed by atoms with Crippen LogP contribution in [-0.2, 0) is 0 Å². The molecule has 0 N–H and O–H groups in total. The maximum atomic E-state index is 13.1. The van der Waals surface area contributed by atoms with E-state index in [0.717, 1.165) is 6.54 Å². The van der Waals surface area contributed by atoms with Crippen LogP contribution in [0.15, 0.2) is 48.7 Å². The molecule has 0 unspecified atom stereocenters. The largest absolute Gasteiger partial charge is 0.330 e. The zero-order chi connectivity index (χ0) is 17.3. The molecule has 4 nitrogen and oxygen atoms in total. The number of rotatable bonds is 2. The summed E-state index contributed by atoms with van der Waals surface area (Å²) >= 11 is 0. The molecule has 25 heavy (non-hydrogen) atoms. The quantitative estimate of drug-likeness (QED) is 0.832. The molecule has 1 atom stereocenters. The van der Waals surface area contributed by atoms with Crippen LogP contribution in [0.25, 0.3) is 0 Å². The lowest BCUT2D eigenvalue weighted by molar-refractivity contribution is -0.0770. The van der Waals surface area contributed by atoms with Crippen LogP contribution in [-0.4, -0.2) is 22.3 Å². The maximum Gasteiger partial charge on any atom is 0.254 e. The van der Waals surface area contributed by atoms with E-state index >= 15 is 0 Å². The van der Waals surface area contributed by atoms with Crippen molar-refractivity contribution in [3.63, 3.8) is 0 Å². The van der Waals surface area contributed by atoms with Gasteiger partial charge in [0.05, 0.1) is 6.04 Å². The minimum Gasteiger partial charge on any atom is -0.330 e. The maximum absolute atomic E-state index is 13.1. The van der Waals surface area contributed by atoms with Crippen molar-refractivity contribution in [3.05, 3.63) is 65.5 Å². The summed E-state index contributed by atoms with van der Waals surface area (Å²) in [7, 11) is 0. The number of aromatic nitrogens is 1. The van der Waals surface area contributed by atoms with Crippen LogP contribution >= 0.6 is 0 Å². The number of benzene rings is 1. The molecule has 1 spiro atoms. The van der Waals surface area contributed by atoms with E-state index in [4.69, 9.17) is 5.26 Å². The first-order valence-corrected chi connectivity index (χ1v) is 8.96. The third kappa shape index (κ3) is 2.70. The molecule has 0 bridgehead atoms. The molecular formula is C21H21N3O. The van der Waals surface area contributed by atoms with Crippen molar-refractivity contribution in [2.24, 2.45) is 5.41 Å². The van der Waals surface area contributed by atoms with Gasteiger partial charge in [0.25, 0.3) is 5.91 Å². The van der Waals surface area contributed by atoms with Gasteiger partial charge in [-0.3, -0.25) is 4.79 Å². The van der Waals surface area contributed by atoms with Gasteiger partial charge in [0.2, 0.25) is 0 Å². The summed E-state index contributed by atoms with van der Waals surface area (Å²) in [6.45, 7) is 0.815. The fraction of sp³-hybridized carbons (Fsp3) is 0.381. The SMILES string of the molecule is N#Cc1cc(C(=O)N2CC3(CCCCC3)[C@@H]2c2ccccc2)ccn1. The van der Waals surface area contributed by atoms with Gasteiger partial charge in [-0.05, 0) is 30.5 Å². The van der Waals surface area contributed by atoms with E-state index < -0.39 is 0 Å². The Hall–Kier alpha value is -2.67. The molecule has 4 rings (SSSR count). The molecule has 2 aliphatic rings. The molecule has 1 saturated heterocycles. The normalized spacial score (nSPS) is 21.4. The number of likely N-dealkylation sites (tertiary alicyclic amines) is 1. The Morgan fingerprint density at radius 2 is 1.92 bits per heavy atom. The van der Waals surface area contributed by atoms with Crippen molar-refractivity contribution in [1.82, 2.24) is 9.88 Å². The Morgan fingerprint density at radius 1 is 1.16 bits per heavy atom. The number of carbonyl (C=O) groups excluding carboxylic acids is 1. The van der Waals surface area contributed by atoms with E-state index in [-0.39, 0.29) is 23.1 Å². The summed E-state index contributed by atoms with van der Waals surface area (Å²) in [5.74, 6) is 0.00366. The summed E-state index contributed by atoms with van der Waals surface area (Å²) < 4.78 is 0.